The summed E-state index contributed by atoms with van der Waals surface area (Å²) in [7, 11) is 0. The van der Waals surface area contributed by atoms with Crippen LogP contribution < -0.4 is 0 Å². The molecule has 0 saturated heterocycles. The van der Waals surface area contributed by atoms with Gasteiger partial charge >= 0.3 is 6.16 Å². The number of rotatable bonds is 3. The van der Waals surface area contributed by atoms with Crippen molar-refractivity contribution in [2.45, 2.75) is 46.3 Å². The average Bonchev–Trinajstić information content (AvgIpc) is 1.81. The molecule has 0 atom stereocenters. The molecule has 78 valence electrons. The highest BCUT2D eigenvalue weighted by Crippen LogP contribution is 2.08. The topological polar surface area (TPSA) is 54.0 Å². The van der Waals surface area contributed by atoms with Crippen LogP contribution in [0.5, 0.6) is 0 Å². The fourth-order valence-corrected chi connectivity index (χ4v) is 0.393. The number of ether oxygens (including phenoxy) is 1. The number of hydrogen-bond acceptors (Lipinski definition) is 5. The predicted octanol–water partition coefficient (Wildman–Crippen LogP) is 2.21. The molecular weight excluding hydrogens is 176 g/mol. The molecule has 0 aliphatic heterocycles. The quantitative estimate of drug-likeness (QED) is 0.390. The maximum Gasteiger partial charge on any atom is 0.543 e. The van der Waals surface area contributed by atoms with Gasteiger partial charge in [-0.1, -0.05) is 0 Å². The monoisotopic (exact) mass is 192 g/mol. The lowest BCUT2D eigenvalue weighted by atomic mass is 10.2. The maximum atomic E-state index is 10.8. The van der Waals surface area contributed by atoms with Crippen molar-refractivity contribution in [1.29, 1.82) is 0 Å². The average molecular weight is 192 g/mol. The Balaban J connectivity index is 3.53. The Morgan fingerprint density at radius 2 is 1.77 bits per heavy atom. The molecule has 0 aromatic rings. The van der Waals surface area contributed by atoms with Gasteiger partial charge in [-0.15, -0.1) is 0 Å². The van der Waals surface area contributed by atoms with Crippen LogP contribution >= 0.6 is 0 Å². The minimum absolute atomic E-state index is 0.178. The Morgan fingerprint density at radius 3 is 2.15 bits per heavy atom. The molecule has 0 aromatic heterocycles. The van der Waals surface area contributed by atoms with Crippen molar-refractivity contribution in [3.63, 3.8) is 0 Å². The zero-order chi connectivity index (χ0) is 10.5. The van der Waals surface area contributed by atoms with Crippen molar-refractivity contribution < 1.29 is 24.3 Å². The van der Waals surface area contributed by atoms with E-state index in [-0.39, 0.29) is 6.10 Å². The fraction of sp³-hybridized carbons (Fsp3) is 0.875. The second-order valence-corrected chi connectivity index (χ2v) is 3.76. The van der Waals surface area contributed by atoms with E-state index in [1.807, 2.05) is 0 Å². The molecule has 0 N–H and O–H groups in total. The van der Waals surface area contributed by atoms with Crippen LogP contribution in [0.3, 0.4) is 0 Å². The van der Waals surface area contributed by atoms with E-state index in [0.717, 1.165) is 0 Å². The SMILES string of the molecule is CC(C)OOOC(=O)OC(C)(C)C. The van der Waals surface area contributed by atoms with Gasteiger partial charge in [0, 0.05) is 0 Å². The van der Waals surface area contributed by atoms with E-state index >= 15 is 0 Å². The van der Waals surface area contributed by atoms with E-state index < -0.39 is 11.8 Å². The van der Waals surface area contributed by atoms with Gasteiger partial charge in [-0.2, -0.15) is 4.89 Å². The van der Waals surface area contributed by atoms with Gasteiger partial charge in [0.15, 0.2) is 0 Å². The normalized spacial score (nSPS) is 11.5. The summed E-state index contributed by atoms with van der Waals surface area (Å²) in [4.78, 5) is 19.4. The van der Waals surface area contributed by atoms with Crippen LogP contribution in [0.25, 0.3) is 0 Å². The van der Waals surface area contributed by atoms with Crippen LogP contribution in [0.4, 0.5) is 4.79 Å². The molecule has 0 amide bonds. The fourth-order valence-electron chi connectivity index (χ4n) is 0.393. The summed E-state index contributed by atoms with van der Waals surface area (Å²) in [6, 6.07) is 0. The van der Waals surface area contributed by atoms with E-state index in [0.29, 0.717) is 0 Å². The second kappa shape index (κ2) is 5.04. The molecule has 0 spiro atoms. The van der Waals surface area contributed by atoms with Gasteiger partial charge in [-0.05, 0) is 39.7 Å². The van der Waals surface area contributed by atoms with Gasteiger partial charge in [0.25, 0.3) is 0 Å². The molecule has 0 unspecified atom stereocenters. The van der Waals surface area contributed by atoms with Crippen molar-refractivity contribution in [1.82, 2.24) is 0 Å². The summed E-state index contributed by atoms with van der Waals surface area (Å²) >= 11 is 0. The Morgan fingerprint density at radius 1 is 1.23 bits per heavy atom. The molecule has 0 radical (unpaired) electrons. The molecule has 0 heterocycles. The zero-order valence-electron chi connectivity index (χ0n) is 8.62. The Bertz CT molecular complexity index is 158. The van der Waals surface area contributed by atoms with Crippen LogP contribution in [0.2, 0.25) is 0 Å². The number of hydrogen-bond donors (Lipinski definition) is 0. The predicted molar refractivity (Wildman–Crippen MR) is 44.6 cm³/mol. The zero-order valence-corrected chi connectivity index (χ0v) is 8.62. The second-order valence-electron chi connectivity index (χ2n) is 3.76. The summed E-state index contributed by atoms with van der Waals surface area (Å²) in [6.07, 6.45) is -1.10. The maximum absolute atomic E-state index is 10.8. The molecule has 0 rings (SSSR count). The number of carbonyl (C=O) groups is 1. The smallest absolute Gasteiger partial charge is 0.427 e. The lowest BCUT2D eigenvalue weighted by Crippen LogP contribution is -2.24. The first kappa shape index (κ1) is 12.2. The van der Waals surface area contributed by atoms with E-state index in [1.165, 1.54) is 0 Å². The van der Waals surface area contributed by atoms with Crippen molar-refractivity contribution in [3.05, 3.63) is 0 Å². The molecule has 0 aliphatic rings. The van der Waals surface area contributed by atoms with Crippen LogP contribution in [0, 0.1) is 0 Å². The summed E-state index contributed by atoms with van der Waals surface area (Å²) in [5, 5.41) is 4.13. The van der Waals surface area contributed by atoms with Crippen molar-refractivity contribution in [2.24, 2.45) is 0 Å². The van der Waals surface area contributed by atoms with E-state index in [1.54, 1.807) is 34.6 Å². The lowest BCUT2D eigenvalue weighted by molar-refractivity contribution is -0.499. The van der Waals surface area contributed by atoms with Crippen LogP contribution in [-0.2, 0) is 19.6 Å². The minimum Gasteiger partial charge on any atom is -0.427 e. The largest absolute Gasteiger partial charge is 0.543 e. The van der Waals surface area contributed by atoms with E-state index in [9.17, 15) is 4.79 Å². The Labute approximate surface area is 77.8 Å². The third-order valence-electron chi connectivity index (χ3n) is 0.723. The third kappa shape index (κ3) is 9.10. The van der Waals surface area contributed by atoms with Crippen molar-refractivity contribution in [2.75, 3.05) is 0 Å². The van der Waals surface area contributed by atoms with Crippen molar-refractivity contribution >= 4 is 6.16 Å². The lowest BCUT2D eigenvalue weighted by Gasteiger charge is -2.17. The highest BCUT2D eigenvalue weighted by Gasteiger charge is 2.18. The summed E-state index contributed by atoms with van der Waals surface area (Å²) in [5.74, 6) is 0. The van der Waals surface area contributed by atoms with Gasteiger partial charge < -0.3 is 4.74 Å². The van der Waals surface area contributed by atoms with Gasteiger partial charge in [-0.3, -0.25) is 0 Å². The molecule has 0 aromatic carbocycles. The van der Waals surface area contributed by atoms with Gasteiger partial charge in [0.2, 0.25) is 0 Å². The standard InChI is InChI=1S/C8H16O5/c1-6(2)11-13-12-7(9)10-8(3,4)5/h6H,1-5H3. The first-order valence-electron chi connectivity index (χ1n) is 4.04. The summed E-state index contributed by atoms with van der Waals surface area (Å²) < 4.78 is 4.75. The molecule has 0 bridgehead atoms. The number of carbonyl (C=O) groups excluding carboxylic acids is 1. The van der Waals surface area contributed by atoms with E-state index in [2.05, 4.69) is 14.8 Å². The molecule has 5 heteroatoms. The van der Waals surface area contributed by atoms with E-state index in [4.69, 9.17) is 4.74 Å². The van der Waals surface area contributed by atoms with Crippen LogP contribution in [0.15, 0.2) is 0 Å². The molecular formula is C8H16O5. The Hall–Kier alpha value is -0.810. The Kier molecular flexibility index (Phi) is 4.72. The highest BCUT2D eigenvalue weighted by atomic mass is 17.5. The van der Waals surface area contributed by atoms with Crippen molar-refractivity contribution in [3.8, 4) is 0 Å². The molecule has 0 saturated carbocycles. The first-order chi connectivity index (χ1) is 5.81. The summed E-state index contributed by atoms with van der Waals surface area (Å²) in [5.41, 5.74) is -0.599. The van der Waals surface area contributed by atoms with Gasteiger partial charge in [-0.25, -0.2) is 9.68 Å². The third-order valence-corrected chi connectivity index (χ3v) is 0.723. The first-order valence-corrected chi connectivity index (χ1v) is 4.04. The summed E-state index contributed by atoms with van der Waals surface area (Å²) in [6.45, 7) is 8.63. The molecule has 0 aliphatic carbocycles. The highest BCUT2D eigenvalue weighted by molar-refractivity contribution is 5.59. The molecule has 13 heavy (non-hydrogen) atoms. The molecule has 5 nitrogen and oxygen atoms in total. The minimum atomic E-state index is -0.923. The van der Waals surface area contributed by atoms with Gasteiger partial charge in [0.1, 0.15) is 5.60 Å². The molecule has 0 fully saturated rings. The van der Waals surface area contributed by atoms with Gasteiger partial charge in [0.05, 0.1) is 6.10 Å². The van der Waals surface area contributed by atoms with Crippen LogP contribution in [0.1, 0.15) is 34.6 Å². The van der Waals surface area contributed by atoms with Crippen LogP contribution in [-0.4, -0.2) is 17.9 Å².